The molecule has 0 aliphatic heterocycles. The predicted octanol–water partition coefficient (Wildman–Crippen LogP) is 5.50. The Bertz CT molecular complexity index is 975. The van der Waals surface area contributed by atoms with Gasteiger partial charge in [-0.3, -0.25) is 4.79 Å². The minimum atomic E-state index is -0.300. The topological polar surface area (TPSA) is 61.4 Å². The van der Waals surface area contributed by atoms with E-state index in [9.17, 15) is 14.3 Å². The number of nitrogens with one attached hydrogen (secondary N) is 2. The minimum absolute atomic E-state index is 0.0350. The van der Waals surface area contributed by atoms with E-state index < -0.39 is 0 Å². The molecule has 1 aliphatic carbocycles. The fourth-order valence-corrected chi connectivity index (χ4v) is 3.35. The second kappa shape index (κ2) is 8.27. The lowest BCUT2D eigenvalue weighted by Crippen LogP contribution is -2.26. The van der Waals surface area contributed by atoms with E-state index in [1.165, 1.54) is 6.07 Å². The van der Waals surface area contributed by atoms with Gasteiger partial charge in [0.05, 0.1) is 5.57 Å². The first-order valence-corrected chi connectivity index (χ1v) is 10.1. The zero-order valence-electron chi connectivity index (χ0n) is 17.7. The Morgan fingerprint density at radius 3 is 2.38 bits per heavy atom. The van der Waals surface area contributed by atoms with Gasteiger partial charge in [0.2, 0.25) is 0 Å². The van der Waals surface area contributed by atoms with Crippen molar-refractivity contribution in [2.24, 2.45) is 0 Å². The van der Waals surface area contributed by atoms with Gasteiger partial charge < -0.3 is 15.7 Å². The third-order valence-corrected chi connectivity index (χ3v) is 5.15. The number of rotatable bonds is 6. The van der Waals surface area contributed by atoms with Gasteiger partial charge in [-0.2, -0.15) is 0 Å². The molecule has 0 bridgehead atoms. The fourth-order valence-electron chi connectivity index (χ4n) is 3.35. The zero-order chi connectivity index (χ0) is 21.3. The van der Waals surface area contributed by atoms with Crippen LogP contribution in [0.15, 0.2) is 35.9 Å². The van der Waals surface area contributed by atoms with E-state index >= 15 is 0 Å². The molecular formula is C24H29FN2O2. The molecule has 1 saturated carbocycles. The maximum atomic E-state index is 14.8. The molecule has 1 amide bonds. The molecule has 0 spiro atoms. The van der Waals surface area contributed by atoms with Gasteiger partial charge in [0, 0.05) is 28.9 Å². The second-order valence-electron chi connectivity index (χ2n) is 8.20. The molecule has 1 aliphatic rings. The first-order chi connectivity index (χ1) is 13.7. The van der Waals surface area contributed by atoms with Gasteiger partial charge in [-0.05, 0) is 88.4 Å². The quantitative estimate of drug-likeness (QED) is 0.446. The Hall–Kier alpha value is -2.82. The molecule has 0 saturated heterocycles. The van der Waals surface area contributed by atoms with E-state index in [2.05, 4.69) is 10.6 Å². The highest BCUT2D eigenvalue weighted by Gasteiger charge is 2.25. The van der Waals surface area contributed by atoms with Gasteiger partial charge >= 0.3 is 0 Å². The van der Waals surface area contributed by atoms with Crippen LogP contribution in [-0.4, -0.2) is 23.1 Å². The molecular weight excluding hydrogens is 367 g/mol. The average molecular weight is 397 g/mol. The molecule has 3 rings (SSSR count). The second-order valence-corrected chi connectivity index (χ2v) is 8.20. The van der Waals surface area contributed by atoms with Gasteiger partial charge in [0.1, 0.15) is 11.6 Å². The van der Waals surface area contributed by atoms with Crippen molar-refractivity contribution in [2.75, 3.05) is 5.32 Å². The molecule has 0 atom stereocenters. The maximum Gasteiger partial charge on any atom is 0.250 e. The lowest BCUT2D eigenvalue weighted by Gasteiger charge is -2.16. The molecule has 2 aromatic carbocycles. The lowest BCUT2D eigenvalue weighted by atomic mass is 9.93. The van der Waals surface area contributed by atoms with Crippen molar-refractivity contribution in [3.63, 3.8) is 0 Å². The van der Waals surface area contributed by atoms with Crippen molar-refractivity contribution in [2.45, 2.75) is 59.5 Å². The summed E-state index contributed by atoms with van der Waals surface area (Å²) in [5.41, 5.74) is 4.52. The summed E-state index contributed by atoms with van der Waals surface area (Å²) in [5.74, 6) is -0.580. The average Bonchev–Trinajstić information content (AvgIpc) is 3.46. The van der Waals surface area contributed by atoms with Gasteiger partial charge in [-0.1, -0.05) is 6.07 Å². The Morgan fingerprint density at radius 2 is 1.79 bits per heavy atom. The van der Waals surface area contributed by atoms with E-state index in [0.29, 0.717) is 16.7 Å². The Kier molecular flexibility index (Phi) is 5.96. The van der Waals surface area contributed by atoms with Crippen molar-refractivity contribution in [3.05, 3.63) is 58.4 Å². The number of carbonyl (C=O) groups excluding carboxylic acids is 1. The number of halogens is 1. The molecule has 0 aromatic heterocycles. The van der Waals surface area contributed by atoms with Gasteiger partial charge in [-0.25, -0.2) is 4.39 Å². The minimum Gasteiger partial charge on any atom is -0.507 e. The fraction of sp³-hybridized carbons (Fsp3) is 0.375. The molecule has 154 valence electrons. The summed E-state index contributed by atoms with van der Waals surface area (Å²) < 4.78 is 14.8. The van der Waals surface area contributed by atoms with Crippen molar-refractivity contribution >= 4 is 17.4 Å². The third-order valence-electron chi connectivity index (χ3n) is 5.15. The van der Waals surface area contributed by atoms with E-state index in [1.54, 1.807) is 13.0 Å². The highest BCUT2D eigenvalue weighted by Crippen LogP contribution is 2.33. The van der Waals surface area contributed by atoms with E-state index in [0.717, 1.165) is 35.2 Å². The Balaban J connectivity index is 1.94. The maximum absolute atomic E-state index is 14.8. The van der Waals surface area contributed by atoms with Gasteiger partial charge in [0.25, 0.3) is 5.91 Å². The summed E-state index contributed by atoms with van der Waals surface area (Å²) in [4.78, 5) is 12.3. The monoisotopic (exact) mass is 396 g/mol. The highest BCUT2D eigenvalue weighted by molar-refractivity contribution is 5.99. The summed E-state index contributed by atoms with van der Waals surface area (Å²) in [7, 11) is 0. The highest BCUT2D eigenvalue weighted by atomic mass is 19.1. The molecule has 1 fully saturated rings. The molecule has 0 heterocycles. The van der Waals surface area contributed by atoms with Crippen molar-refractivity contribution in [1.82, 2.24) is 5.32 Å². The predicted molar refractivity (Wildman–Crippen MR) is 116 cm³/mol. The molecule has 2 aromatic rings. The summed E-state index contributed by atoms with van der Waals surface area (Å²) in [5, 5.41) is 16.8. The van der Waals surface area contributed by atoms with Gasteiger partial charge in [0.15, 0.2) is 0 Å². The molecule has 0 unspecified atom stereocenters. The summed E-state index contributed by atoms with van der Waals surface area (Å²) >= 11 is 0. The molecule has 4 nitrogen and oxygen atoms in total. The van der Waals surface area contributed by atoms with Crippen molar-refractivity contribution in [3.8, 4) is 11.1 Å². The van der Waals surface area contributed by atoms with Crippen molar-refractivity contribution in [1.29, 1.82) is 0 Å². The van der Waals surface area contributed by atoms with Crippen LogP contribution in [0.5, 0.6) is 0 Å². The van der Waals surface area contributed by atoms with Gasteiger partial charge in [-0.15, -0.1) is 0 Å². The van der Waals surface area contributed by atoms with E-state index in [4.69, 9.17) is 0 Å². The van der Waals surface area contributed by atoms with Crippen LogP contribution >= 0.6 is 0 Å². The van der Waals surface area contributed by atoms with Crippen LogP contribution in [0.4, 0.5) is 10.1 Å². The Labute approximate surface area is 171 Å². The van der Waals surface area contributed by atoms with Crippen LogP contribution < -0.4 is 10.6 Å². The number of hydrogen-bond donors (Lipinski definition) is 3. The summed E-state index contributed by atoms with van der Waals surface area (Å²) in [6, 6.07) is 9.26. The molecule has 5 heteroatoms. The first kappa shape index (κ1) is 20.9. The number of hydrogen-bond acceptors (Lipinski definition) is 3. The van der Waals surface area contributed by atoms with Crippen LogP contribution in [0.3, 0.4) is 0 Å². The summed E-state index contributed by atoms with van der Waals surface area (Å²) in [6.45, 7) is 9.36. The SMILES string of the molecule is C/C(C(=O)NC1CC1)=C(/O)c1cc(C)c(-c2ccc(NC(C)C)cc2F)cc1C. The number of aliphatic hydroxyl groups excluding tert-OH is 1. The number of amides is 1. The first-order valence-electron chi connectivity index (χ1n) is 10.1. The lowest BCUT2D eigenvalue weighted by molar-refractivity contribution is -0.117. The van der Waals surface area contributed by atoms with Crippen molar-refractivity contribution < 1.29 is 14.3 Å². The smallest absolute Gasteiger partial charge is 0.250 e. The normalized spacial score (nSPS) is 14.6. The molecule has 3 N–H and O–H groups in total. The Morgan fingerprint density at radius 1 is 1.10 bits per heavy atom. The van der Waals surface area contributed by atoms with E-state index in [1.807, 2.05) is 45.9 Å². The van der Waals surface area contributed by atoms with Crippen LogP contribution in [0, 0.1) is 19.7 Å². The van der Waals surface area contributed by atoms with E-state index in [-0.39, 0.29) is 29.6 Å². The molecule has 0 radical (unpaired) electrons. The number of aliphatic hydroxyl groups is 1. The zero-order valence-corrected chi connectivity index (χ0v) is 17.7. The van der Waals surface area contributed by atoms with Crippen LogP contribution in [-0.2, 0) is 4.79 Å². The standard InChI is InChI=1S/C24H29FN2O2/c1-13(2)26-18-8-9-19(22(25)12-18)20-10-15(4)21(11-14(20)3)23(28)16(5)24(29)27-17-6-7-17/h8-13,17,26,28H,6-7H2,1-5H3,(H,27,29)/b23-16-. The number of anilines is 1. The number of carbonyl (C=O) groups is 1. The summed E-state index contributed by atoms with van der Waals surface area (Å²) in [6.07, 6.45) is 1.98. The number of benzene rings is 2. The largest absolute Gasteiger partial charge is 0.507 e. The number of aryl methyl sites for hydroxylation is 2. The van der Waals surface area contributed by atoms with Crippen LogP contribution in [0.1, 0.15) is 50.3 Å². The van der Waals surface area contributed by atoms with Crippen LogP contribution in [0.25, 0.3) is 16.9 Å². The van der Waals surface area contributed by atoms with Crippen LogP contribution in [0.2, 0.25) is 0 Å². The molecule has 29 heavy (non-hydrogen) atoms. The third kappa shape index (κ3) is 4.78.